The van der Waals surface area contributed by atoms with Crippen LogP contribution in [0.3, 0.4) is 0 Å². The number of ether oxygens (including phenoxy) is 1. The van der Waals surface area contributed by atoms with Crippen LogP contribution in [0.15, 0.2) is 24.3 Å². The molecule has 2 aliphatic rings. The third-order valence-electron chi connectivity index (χ3n) is 5.05. The standard InChI is InChI=1S/C18H23N3O4/c1-2-3-8-25-17(24)21-11-18(9-14(21)15(19)22)13-7-5-4-6-12(13)10-20-16(18)23/h4-7,14H,2-3,8-11H2,1H3,(H2,19,22)(H,20,23)/t14?,18-/m0/s1. The minimum Gasteiger partial charge on any atom is -0.449 e. The van der Waals surface area contributed by atoms with Gasteiger partial charge in [-0.3, -0.25) is 14.5 Å². The van der Waals surface area contributed by atoms with Crippen LogP contribution in [0.25, 0.3) is 0 Å². The number of rotatable bonds is 4. The lowest BCUT2D eigenvalue weighted by Gasteiger charge is -2.34. The largest absolute Gasteiger partial charge is 0.449 e. The fourth-order valence-electron chi connectivity index (χ4n) is 3.71. The topological polar surface area (TPSA) is 102 Å². The summed E-state index contributed by atoms with van der Waals surface area (Å²) in [6, 6.07) is 6.74. The molecule has 3 N–H and O–H groups in total. The van der Waals surface area contributed by atoms with Crippen molar-refractivity contribution in [2.24, 2.45) is 5.73 Å². The van der Waals surface area contributed by atoms with Crippen molar-refractivity contribution in [2.45, 2.75) is 44.2 Å². The van der Waals surface area contributed by atoms with Gasteiger partial charge in [-0.05, 0) is 24.0 Å². The van der Waals surface area contributed by atoms with Crippen molar-refractivity contribution in [1.82, 2.24) is 10.2 Å². The molecule has 0 aromatic heterocycles. The summed E-state index contributed by atoms with van der Waals surface area (Å²) in [6.07, 6.45) is 1.22. The van der Waals surface area contributed by atoms with Crippen molar-refractivity contribution in [3.05, 3.63) is 35.4 Å². The highest BCUT2D eigenvalue weighted by molar-refractivity contribution is 5.95. The lowest BCUT2D eigenvalue weighted by atomic mass is 9.73. The Balaban J connectivity index is 1.93. The Bertz CT molecular complexity index is 705. The van der Waals surface area contributed by atoms with Crippen molar-refractivity contribution in [2.75, 3.05) is 13.2 Å². The quantitative estimate of drug-likeness (QED) is 0.796. The molecule has 0 bridgehead atoms. The van der Waals surface area contributed by atoms with Gasteiger partial charge in [0.15, 0.2) is 0 Å². The summed E-state index contributed by atoms with van der Waals surface area (Å²) < 4.78 is 5.25. The van der Waals surface area contributed by atoms with Gasteiger partial charge in [0.25, 0.3) is 0 Å². The SMILES string of the molecule is CCCCOC(=O)N1C[C@]2(CC1C(N)=O)C(=O)NCc1ccccc12. The number of amides is 3. The summed E-state index contributed by atoms with van der Waals surface area (Å²) >= 11 is 0. The fraction of sp³-hybridized carbons (Fsp3) is 0.500. The molecule has 1 aromatic carbocycles. The summed E-state index contributed by atoms with van der Waals surface area (Å²) in [5.41, 5.74) is 6.40. The Morgan fingerprint density at radius 2 is 2.16 bits per heavy atom. The van der Waals surface area contributed by atoms with Crippen LogP contribution in [0, 0.1) is 0 Å². The maximum Gasteiger partial charge on any atom is 0.410 e. The summed E-state index contributed by atoms with van der Waals surface area (Å²) in [5, 5.41) is 2.87. The van der Waals surface area contributed by atoms with Crippen molar-refractivity contribution in [1.29, 1.82) is 0 Å². The second-order valence-electron chi connectivity index (χ2n) is 6.64. The Labute approximate surface area is 146 Å². The number of primary amides is 1. The van der Waals surface area contributed by atoms with E-state index in [0.717, 1.165) is 24.0 Å². The highest BCUT2D eigenvalue weighted by Gasteiger charge is 2.55. The van der Waals surface area contributed by atoms with E-state index in [1.165, 1.54) is 4.90 Å². The molecule has 1 fully saturated rings. The number of carbonyl (C=O) groups excluding carboxylic acids is 3. The third-order valence-corrected chi connectivity index (χ3v) is 5.05. The summed E-state index contributed by atoms with van der Waals surface area (Å²) in [6.45, 7) is 2.81. The lowest BCUT2D eigenvalue weighted by Crippen LogP contribution is -2.50. The molecule has 134 valence electrons. The van der Waals surface area contributed by atoms with Gasteiger partial charge in [0.05, 0.1) is 12.0 Å². The van der Waals surface area contributed by atoms with Crippen LogP contribution in [0.5, 0.6) is 0 Å². The van der Waals surface area contributed by atoms with Gasteiger partial charge in [-0.15, -0.1) is 0 Å². The first-order valence-corrected chi connectivity index (χ1v) is 8.59. The Hall–Kier alpha value is -2.57. The van der Waals surface area contributed by atoms with Crippen LogP contribution in [-0.2, 0) is 26.3 Å². The van der Waals surface area contributed by atoms with Gasteiger partial charge < -0.3 is 15.8 Å². The van der Waals surface area contributed by atoms with Gasteiger partial charge in [0.2, 0.25) is 11.8 Å². The zero-order chi connectivity index (χ0) is 18.0. The normalized spacial score (nSPS) is 24.8. The molecule has 1 saturated heterocycles. The van der Waals surface area contributed by atoms with E-state index < -0.39 is 23.5 Å². The minimum atomic E-state index is -0.960. The summed E-state index contributed by atoms with van der Waals surface area (Å²) in [7, 11) is 0. The van der Waals surface area contributed by atoms with Crippen LogP contribution in [0.1, 0.15) is 37.3 Å². The second kappa shape index (κ2) is 6.74. The number of carbonyl (C=O) groups is 3. The lowest BCUT2D eigenvalue weighted by molar-refractivity contribution is -0.127. The van der Waals surface area contributed by atoms with E-state index >= 15 is 0 Å². The second-order valence-corrected chi connectivity index (χ2v) is 6.64. The predicted molar refractivity (Wildman–Crippen MR) is 90.5 cm³/mol. The number of hydrogen-bond acceptors (Lipinski definition) is 4. The van der Waals surface area contributed by atoms with E-state index in [9.17, 15) is 14.4 Å². The van der Waals surface area contributed by atoms with E-state index in [2.05, 4.69) is 5.32 Å². The van der Waals surface area contributed by atoms with E-state index in [1.807, 2.05) is 31.2 Å². The van der Waals surface area contributed by atoms with Gasteiger partial charge in [-0.2, -0.15) is 0 Å². The number of unbranched alkanes of at least 4 members (excludes halogenated alkanes) is 1. The smallest absolute Gasteiger partial charge is 0.410 e. The third kappa shape index (κ3) is 2.94. The van der Waals surface area contributed by atoms with E-state index in [1.54, 1.807) is 0 Å². The van der Waals surface area contributed by atoms with Crippen molar-refractivity contribution in [3.8, 4) is 0 Å². The predicted octanol–water partition coefficient (Wildman–Crippen LogP) is 1.05. The number of fused-ring (bicyclic) bond motifs is 2. The average Bonchev–Trinajstić information content (AvgIpc) is 3.01. The molecule has 1 aromatic rings. The molecular weight excluding hydrogens is 322 g/mol. The molecule has 3 amide bonds. The highest BCUT2D eigenvalue weighted by Crippen LogP contribution is 2.42. The fourth-order valence-corrected chi connectivity index (χ4v) is 3.71. The molecule has 25 heavy (non-hydrogen) atoms. The number of hydrogen-bond donors (Lipinski definition) is 2. The Kier molecular flexibility index (Phi) is 4.65. The molecule has 1 unspecified atom stereocenters. The van der Waals surface area contributed by atoms with Crippen LogP contribution < -0.4 is 11.1 Å². The van der Waals surface area contributed by atoms with E-state index in [4.69, 9.17) is 10.5 Å². The molecule has 0 saturated carbocycles. The first-order chi connectivity index (χ1) is 12.0. The molecule has 1 spiro atoms. The molecular formula is C18H23N3O4. The molecule has 7 heteroatoms. The van der Waals surface area contributed by atoms with E-state index in [0.29, 0.717) is 6.54 Å². The van der Waals surface area contributed by atoms with Crippen LogP contribution >= 0.6 is 0 Å². The van der Waals surface area contributed by atoms with Crippen molar-refractivity contribution in [3.63, 3.8) is 0 Å². The monoisotopic (exact) mass is 345 g/mol. The van der Waals surface area contributed by atoms with Gasteiger partial charge in [0.1, 0.15) is 6.04 Å². The first kappa shape index (κ1) is 17.3. The maximum atomic E-state index is 12.7. The minimum absolute atomic E-state index is 0.0917. The molecule has 2 heterocycles. The zero-order valence-corrected chi connectivity index (χ0v) is 14.3. The number of likely N-dealkylation sites (tertiary alicyclic amines) is 1. The van der Waals surface area contributed by atoms with Crippen LogP contribution in [-0.4, -0.2) is 42.0 Å². The zero-order valence-electron chi connectivity index (χ0n) is 14.3. The van der Waals surface area contributed by atoms with Crippen LogP contribution in [0.2, 0.25) is 0 Å². The number of benzene rings is 1. The number of nitrogens with one attached hydrogen (secondary N) is 1. The van der Waals surface area contributed by atoms with Gasteiger partial charge in [0, 0.05) is 13.1 Å². The van der Waals surface area contributed by atoms with Crippen molar-refractivity contribution < 1.29 is 19.1 Å². The highest BCUT2D eigenvalue weighted by atomic mass is 16.6. The molecule has 3 rings (SSSR count). The summed E-state index contributed by atoms with van der Waals surface area (Å²) in [4.78, 5) is 38.4. The molecule has 2 aliphatic heterocycles. The Morgan fingerprint density at radius 3 is 2.88 bits per heavy atom. The average molecular weight is 345 g/mol. The summed E-state index contributed by atoms with van der Waals surface area (Å²) in [5.74, 6) is -0.804. The molecule has 0 radical (unpaired) electrons. The number of nitrogens with zero attached hydrogens (tertiary/aromatic N) is 1. The van der Waals surface area contributed by atoms with Gasteiger partial charge >= 0.3 is 6.09 Å². The molecule has 2 atom stereocenters. The van der Waals surface area contributed by atoms with Crippen molar-refractivity contribution >= 4 is 17.9 Å². The van der Waals surface area contributed by atoms with Gasteiger partial charge in [-0.25, -0.2) is 4.79 Å². The molecule has 0 aliphatic carbocycles. The first-order valence-electron chi connectivity index (χ1n) is 8.59. The maximum absolute atomic E-state index is 12.7. The molecule has 7 nitrogen and oxygen atoms in total. The van der Waals surface area contributed by atoms with E-state index in [-0.39, 0.29) is 25.5 Å². The van der Waals surface area contributed by atoms with Gasteiger partial charge in [-0.1, -0.05) is 37.6 Å². The number of nitrogens with two attached hydrogens (primary N) is 1. The Morgan fingerprint density at radius 1 is 1.40 bits per heavy atom. The van der Waals surface area contributed by atoms with Crippen LogP contribution in [0.4, 0.5) is 4.79 Å².